The summed E-state index contributed by atoms with van der Waals surface area (Å²) in [6.45, 7) is 5.56. The van der Waals surface area contributed by atoms with Crippen LogP contribution in [-0.4, -0.2) is 33.3 Å². The Hall–Kier alpha value is -2.76. The van der Waals surface area contributed by atoms with Gasteiger partial charge in [0.2, 0.25) is 11.6 Å². The number of phenols is 2. The molecular formula is C18H18O6. The molecule has 0 amide bonds. The van der Waals surface area contributed by atoms with Crippen LogP contribution in [0.1, 0.15) is 42.3 Å². The van der Waals surface area contributed by atoms with E-state index in [-0.39, 0.29) is 34.4 Å². The number of allylic oxidation sites excluding steroid dienone is 2. The van der Waals surface area contributed by atoms with Crippen LogP contribution in [0.5, 0.6) is 11.5 Å². The van der Waals surface area contributed by atoms with Gasteiger partial charge in [-0.15, -0.1) is 0 Å². The monoisotopic (exact) mass is 330 g/mol. The summed E-state index contributed by atoms with van der Waals surface area (Å²) in [7, 11) is 0. The van der Waals surface area contributed by atoms with Gasteiger partial charge >= 0.3 is 0 Å². The lowest BCUT2D eigenvalue weighted by molar-refractivity contribution is -0.140. The fraction of sp³-hybridized carbons (Fsp3) is 0.333. The predicted molar refractivity (Wildman–Crippen MR) is 85.1 cm³/mol. The summed E-state index contributed by atoms with van der Waals surface area (Å²) in [5, 5.41) is 20.5. The molecule has 0 aromatic heterocycles. The van der Waals surface area contributed by atoms with Crippen molar-refractivity contribution in [1.29, 1.82) is 0 Å². The average Bonchev–Trinajstić information content (AvgIpc) is 2.53. The molecule has 6 heteroatoms. The Morgan fingerprint density at radius 3 is 2.21 bits per heavy atom. The molecule has 0 spiro atoms. The summed E-state index contributed by atoms with van der Waals surface area (Å²) in [6, 6.07) is 1.36. The molecule has 0 saturated heterocycles. The first kappa shape index (κ1) is 17.6. The quantitative estimate of drug-likeness (QED) is 0.497. The number of carbonyl (C=O) groups is 4. The maximum Gasteiger partial charge on any atom is 0.225 e. The van der Waals surface area contributed by atoms with Crippen LogP contribution in [0.2, 0.25) is 0 Å². The highest BCUT2D eigenvalue weighted by atomic mass is 16.3. The molecular weight excluding hydrogens is 312 g/mol. The first-order valence-electron chi connectivity index (χ1n) is 7.45. The first-order chi connectivity index (χ1) is 11.1. The molecule has 2 N–H and O–H groups in total. The van der Waals surface area contributed by atoms with Crippen LogP contribution in [0.15, 0.2) is 17.2 Å². The van der Waals surface area contributed by atoms with Crippen molar-refractivity contribution in [2.75, 3.05) is 0 Å². The van der Waals surface area contributed by atoms with Crippen molar-refractivity contribution in [1.82, 2.24) is 0 Å². The number of phenolic OH excluding ortho intramolecular Hbond substituents is 2. The Morgan fingerprint density at radius 2 is 1.67 bits per heavy atom. The van der Waals surface area contributed by atoms with Gasteiger partial charge in [-0.05, 0) is 39.3 Å². The van der Waals surface area contributed by atoms with Crippen molar-refractivity contribution in [2.24, 2.45) is 5.92 Å². The van der Waals surface area contributed by atoms with Crippen molar-refractivity contribution in [2.45, 2.75) is 34.1 Å². The third-order valence-electron chi connectivity index (χ3n) is 4.40. The highest BCUT2D eigenvalue weighted by Crippen LogP contribution is 2.37. The second kappa shape index (κ2) is 6.03. The molecule has 2 rings (SSSR count). The third-order valence-corrected chi connectivity index (χ3v) is 4.40. The minimum absolute atomic E-state index is 0.00255. The van der Waals surface area contributed by atoms with Crippen LogP contribution in [-0.2, 0) is 20.8 Å². The summed E-state index contributed by atoms with van der Waals surface area (Å²) in [5.74, 6) is -4.16. The highest BCUT2D eigenvalue weighted by molar-refractivity contribution is 6.50. The van der Waals surface area contributed by atoms with Gasteiger partial charge in [0, 0.05) is 23.1 Å². The number of rotatable bonds is 3. The second-order valence-corrected chi connectivity index (χ2v) is 6.03. The number of aromatic hydroxyl groups is 2. The van der Waals surface area contributed by atoms with E-state index in [4.69, 9.17) is 0 Å². The van der Waals surface area contributed by atoms with Crippen LogP contribution < -0.4 is 0 Å². The van der Waals surface area contributed by atoms with Gasteiger partial charge in [0.15, 0.2) is 11.6 Å². The summed E-state index contributed by atoms with van der Waals surface area (Å²) in [6.07, 6.45) is -0.229. The second-order valence-electron chi connectivity index (χ2n) is 6.03. The number of benzene rings is 1. The SMILES string of the molecule is CC(=O)c1cc(C)c(O)c(CC2=C(C)C(=O)C(=O)C(C)C2=O)c1O. The molecule has 6 nitrogen and oxygen atoms in total. The lowest BCUT2D eigenvalue weighted by Gasteiger charge is -2.21. The number of carbonyl (C=O) groups excluding carboxylic acids is 4. The average molecular weight is 330 g/mol. The van der Waals surface area contributed by atoms with Gasteiger partial charge in [0.1, 0.15) is 11.5 Å². The molecule has 24 heavy (non-hydrogen) atoms. The molecule has 126 valence electrons. The molecule has 0 fully saturated rings. The van der Waals surface area contributed by atoms with E-state index in [1.807, 2.05) is 0 Å². The Bertz CT molecular complexity index is 828. The number of hydrogen-bond donors (Lipinski definition) is 2. The molecule has 1 unspecified atom stereocenters. The maximum atomic E-state index is 12.4. The molecule has 1 aromatic rings. The van der Waals surface area contributed by atoms with Crippen molar-refractivity contribution in [3.63, 3.8) is 0 Å². The van der Waals surface area contributed by atoms with Crippen molar-refractivity contribution in [3.8, 4) is 11.5 Å². The Labute approximate surface area is 138 Å². The van der Waals surface area contributed by atoms with Gasteiger partial charge in [0.05, 0.1) is 11.5 Å². The van der Waals surface area contributed by atoms with E-state index < -0.39 is 34.8 Å². The molecule has 1 aromatic carbocycles. The zero-order chi connectivity index (χ0) is 18.3. The van der Waals surface area contributed by atoms with E-state index in [1.54, 1.807) is 6.92 Å². The molecule has 0 saturated carbocycles. The van der Waals surface area contributed by atoms with E-state index in [0.717, 1.165) is 0 Å². The number of aryl methyl sites for hydroxylation is 1. The van der Waals surface area contributed by atoms with Crippen LogP contribution in [0, 0.1) is 12.8 Å². The Kier molecular flexibility index (Phi) is 4.42. The normalized spacial score (nSPS) is 18.3. The Morgan fingerprint density at radius 1 is 1.08 bits per heavy atom. The minimum atomic E-state index is -1.09. The number of hydrogen-bond acceptors (Lipinski definition) is 6. The van der Waals surface area contributed by atoms with Gasteiger partial charge in [-0.3, -0.25) is 19.2 Å². The lowest BCUT2D eigenvalue weighted by Crippen LogP contribution is -2.36. The molecule has 1 atom stereocenters. The molecule has 0 radical (unpaired) electrons. The molecule has 0 heterocycles. The van der Waals surface area contributed by atoms with E-state index in [0.29, 0.717) is 5.56 Å². The van der Waals surface area contributed by atoms with Gasteiger partial charge in [-0.1, -0.05) is 0 Å². The van der Waals surface area contributed by atoms with Crippen molar-refractivity contribution >= 4 is 23.1 Å². The van der Waals surface area contributed by atoms with Crippen LogP contribution in [0.25, 0.3) is 0 Å². The summed E-state index contributed by atoms with van der Waals surface area (Å²) in [5.41, 5.74) is 0.463. The van der Waals surface area contributed by atoms with E-state index in [2.05, 4.69) is 0 Å². The zero-order valence-electron chi connectivity index (χ0n) is 13.9. The zero-order valence-corrected chi connectivity index (χ0v) is 13.9. The van der Waals surface area contributed by atoms with Crippen LogP contribution >= 0.6 is 0 Å². The van der Waals surface area contributed by atoms with Crippen molar-refractivity contribution in [3.05, 3.63) is 33.9 Å². The lowest BCUT2D eigenvalue weighted by atomic mass is 9.79. The predicted octanol–water partition coefficient (Wildman–Crippen LogP) is 1.82. The van der Waals surface area contributed by atoms with E-state index in [1.165, 1.54) is 26.8 Å². The number of Topliss-reactive ketones (excluding diaryl/α,β-unsaturated/α-hetero) is 4. The van der Waals surface area contributed by atoms with Crippen LogP contribution in [0.3, 0.4) is 0 Å². The van der Waals surface area contributed by atoms with Crippen molar-refractivity contribution < 1.29 is 29.4 Å². The topological polar surface area (TPSA) is 109 Å². The fourth-order valence-electron chi connectivity index (χ4n) is 2.78. The van der Waals surface area contributed by atoms with Gasteiger partial charge in [-0.25, -0.2) is 0 Å². The first-order valence-corrected chi connectivity index (χ1v) is 7.45. The van der Waals surface area contributed by atoms with E-state index >= 15 is 0 Å². The van der Waals surface area contributed by atoms with Crippen LogP contribution in [0.4, 0.5) is 0 Å². The molecule has 1 aliphatic carbocycles. The molecule has 0 aliphatic heterocycles. The fourth-order valence-corrected chi connectivity index (χ4v) is 2.78. The van der Waals surface area contributed by atoms with Gasteiger partial charge in [0.25, 0.3) is 0 Å². The summed E-state index contributed by atoms with van der Waals surface area (Å²) < 4.78 is 0. The third kappa shape index (κ3) is 2.64. The number of ketones is 4. The Balaban J connectivity index is 2.63. The van der Waals surface area contributed by atoms with Gasteiger partial charge in [-0.2, -0.15) is 0 Å². The van der Waals surface area contributed by atoms with E-state index in [9.17, 15) is 29.4 Å². The smallest absolute Gasteiger partial charge is 0.225 e. The standard InChI is InChI=1S/C18H18O6/c1-7-5-12(10(4)19)18(24)13(14(7)20)6-11-8(2)16(22)17(23)9(3)15(11)21/h5,9,20,24H,6H2,1-4H3. The minimum Gasteiger partial charge on any atom is -0.507 e. The molecule has 0 bridgehead atoms. The largest absolute Gasteiger partial charge is 0.507 e. The van der Waals surface area contributed by atoms with Gasteiger partial charge < -0.3 is 10.2 Å². The summed E-state index contributed by atoms with van der Waals surface area (Å²) in [4.78, 5) is 47.7. The maximum absolute atomic E-state index is 12.4. The summed E-state index contributed by atoms with van der Waals surface area (Å²) >= 11 is 0. The highest BCUT2D eigenvalue weighted by Gasteiger charge is 2.38. The molecule has 1 aliphatic rings.